The van der Waals surface area contributed by atoms with Crippen molar-refractivity contribution in [1.29, 1.82) is 0 Å². The molecule has 0 aromatic heterocycles. The van der Waals surface area contributed by atoms with E-state index in [-0.39, 0.29) is 24.5 Å². The zero-order chi connectivity index (χ0) is 20.2. The monoisotopic (exact) mass is 399 g/mol. The quantitative estimate of drug-likeness (QED) is 0.385. The number of aliphatic hydroxyl groups excluding tert-OH is 1. The molecule has 0 saturated carbocycles. The first-order chi connectivity index (χ1) is 12.7. The molecule has 0 aliphatic heterocycles. The third-order valence-corrected chi connectivity index (χ3v) is 4.73. The molecule has 0 aliphatic carbocycles. The maximum atomic E-state index is 13.5. The Labute approximate surface area is 152 Å². The fraction of sp³-hybridized carbons (Fsp3) is 0.133. The highest BCUT2D eigenvalue weighted by Gasteiger charge is 2.21. The highest BCUT2D eigenvalue weighted by Crippen LogP contribution is 2.29. The van der Waals surface area contributed by atoms with Gasteiger partial charge in [-0.15, -0.1) is 0 Å². The molecule has 4 N–H and O–H groups in total. The Hall–Kier alpha value is -3.25. The van der Waals surface area contributed by atoms with E-state index in [1.807, 2.05) is 0 Å². The highest BCUT2D eigenvalue weighted by atomic mass is 32.2. The summed E-state index contributed by atoms with van der Waals surface area (Å²) in [7, 11) is -4.38. The zero-order valence-corrected chi connectivity index (χ0v) is 14.4. The van der Waals surface area contributed by atoms with Gasteiger partial charge in [0.15, 0.2) is 0 Å². The maximum absolute atomic E-state index is 13.5. The van der Waals surface area contributed by atoms with E-state index < -0.39 is 42.9 Å². The van der Waals surface area contributed by atoms with E-state index in [9.17, 15) is 27.7 Å². The van der Waals surface area contributed by atoms with Crippen LogP contribution in [0.4, 0.5) is 21.5 Å². The van der Waals surface area contributed by atoms with Gasteiger partial charge in [0.1, 0.15) is 5.82 Å². The molecule has 10 nitrogen and oxygen atoms in total. The van der Waals surface area contributed by atoms with Crippen LogP contribution in [0.2, 0.25) is 0 Å². The number of benzene rings is 2. The first kappa shape index (κ1) is 20.1. The summed E-state index contributed by atoms with van der Waals surface area (Å²) in [6.07, 6.45) is 0. The molecular weight excluding hydrogens is 385 g/mol. The second kappa shape index (κ2) is 7.97. The number of nitrogens with one attached hydrogen (secondary N) is 2. The molecule has 0 spiro atoms. The summed E-state index contributed by atoms with van der Waals surface area (Å²) in [5.74, 6) is -2.76. The van der Waals surface area contributed by atoms with E-state index in [4.69, 9.17) is 10.2 Å². The van der Waals surface area contributed by atoms with Crippen LogP contribution in [0.1, 0.15) is 10.4 Å². The van der Waals surface area contributed by atoms with Gasteiger partial charge in [0.05, 0.1) is 33.4 Å². The summed E-state index contributed by atoms with van der Waals surface area (Å²) < 4.78 is 40.6. The van der Waals surface area contributed by atoms with Crippen LogP contribution in [0.5, 0.6) is 0 Å². The number of aliphatic hydroxyl groups is 1. The van der Waals surface area contributed by atoms with Crippen molar-refractivity contribution < 1.29 is 32.7 Å². The molecule has 0 amide bonds. The second-order valence-electron chi connectivity index (χ2n) is 5.19. The average Bonchev–Trinajstić information content (AvgIpc) is 2.60. The molecule has 0 aliphatic rings. The average molecular weight is 399 g/mol. The van der Waals surface area contributed by atoms with Crippen molar-refractivity contribution in [2.45, 2.75) is 4.90 Å². The summed E-state index contributed by atoms with van der Waals surface area (Å²) in [6.45, 7) is -0.227. The summed E-state index contributed by atoms with van der Waals surface area (Å²) >= 11 is 0. The first-order valence-electron chi connectivity index (χ1n) is 7.34. The third-order valence-electron chi connectivity index (χ3n) is 3.36. The van der Waals surface area contributed by atoms with Gasteiger partial charge in [0, 0.05) is 18.7 Å². The minimum Gasteiger partial charge on any atom is -0.478 e. The van der Waals surface area contributed by atoms with E-state index in [1.54, 1.807) is 0 Å². The second-order valence-corrected chi connectivity index (χ2v) is 6.87. The molecule has 0 fully saturated rings. The lowest BCUT2D eigenvalue weighted by Crippen LogP contribution is -2.16. The van der Waals surface area contributed by atoms with Gasteiger partial charge in [-0.25, -0.2) is 17.6 Å². The Morgan fingerprint density at radius 3 is 2.48 bits per heavy atom. The van der Waals surface area contributed by atoms with E-state index in [1.165, 1.54) is 6.07 Å². The number of hydrogen-bond donors (Lipinski definition) is 4. The number of aromatic carboxylic acids is 1. The van der Waals surface area contributed by atoms with Crippen LogP contribution in [-0.4, -0.2) is 42.7 Å². The molecule has 0 unspecified atom stereocenters. The smallest absolute Gasteiger partial charge is 0.338 e. The van der Waals surface area contributed by atoms with Crippen LogP contribution in [-0.2, 0) is 10.0 Å². The Balaban J connectivity index is 2.47. The molecule has 12 heteroatoms. The van der Waals surface area contributed by atoms with Gasteiger partial charge in [-0.05, 0) is 24.3 Å². The summed E-state index contributed by atoms with van der Waals surface area (Å²) in [4.78, 5) is 20.7. The number of nitrogens with zero attached hydrogens (tertiary/aromatic N) is 1. The number of nitro benzene ring substituents is 1. The number of carboxylic acid groups (broad SMARTS) is 1. The molecule has 0 saturated heterocycles. The van der Waals surface area contributed by atoms with Crippen LogP contribution in [0.15, 0.2) is 41.3 Å². The van der Waals surface area contributed by atoms with Crippen molar-refractivity contribution in [3.8, 4) is 0 Å². The number of carbonyl (C=O) groups is 1. The number of non-ortho nitro benzene ring substituents is 1. The van der Waals surface area contributed by atoms with Crippen LogP contribution >= 0.6 is 0 Å². The molecule has 144 valence electrons. The Bertz CT molecular complexity index is 995. The first-order valence-corrected chi connectivity index (χ1v) is 8.83. The lowest BCUT2D eigenvalue weighted by Gasteiger charge is -2.14. The minimum atomic E-state index is -4.38. The number of hydrogen-bond acceptors (Lipinski definition) is 7. The van der Waals surface area contributed by atoms with Crippen LogP contribution in [0.25, 0.3) is 0 Å². The maximum Gasteiger partial charge on any atom is 0.338 e. The topological polar surface area (TPSA) is 159 Å². The van der Waals surface area contributed by atoms with Gasteiger partial charge in [-0.2, -0.15) is 0 Å². The van der Waals surface area contributed by atoms with Gasteiger partial charge in [-0.3, -0.25) is 14.8 Å². The molecule has 27 heavy (non-hydrogen) atoms. The van der Waals surface area contributed by atoms with Crippen molar-refractivity contribution in [3.05, 3.63) is 57.9 Å². The molecule has 2 aromatic carbocycles. The highest BCUT2D eigenvalue weighted by molar-refractivity contribution is 7.92. The summed E-state index contributed by atoms with van der Waals surface area (Å²) in [5.41, 5.74) is -1.28. The number of anilines is 2. The predicted octanol–water partition coefficient (Wildman–Crippen LogP) is 1.64. The van der Waals surface area contributed by atoms with Crippen LogP contribution in [0, 0.1) is 15.9 Å². The van der Waals surface area contributed by atoms with Crippen molar-refractivity contribution in [3.63, 3.8) is 0 Å². The molecule has 2 rings (SSSR count). The standard InChI is InChI=1S/C15H14FN3O7S/c16-12-3-2-10(8-11(12)15(21)22)27(25,26)18-14-7-9(19(23)24)1-4-13(14)17-5-6-20/h1-4,7-8,17-18,20H,5-6H2,(H,21,22). The Kier molecular flexibility index (Phi) is 5.92. The van der Waals surface area contributed by atoms with Gasteiger partial charge < -0.3 is 15.5 Å². The number of halogens is 1. The van der Waals surface area contributed by atoms with Crippen molar-refractivity contribution in [2.24, 2.45) is 0 Å². The fourth-order valence-corrected chi connectivity index (χ4v) is 3.21. The number of sulfonamides is 1. The van der Waals surface area contributed by atoms with Gasteiger partial charge in [0.2, 0.25) is 0 Å². The van der Waals surface area contributed by atoms with Gasteiger partial charge in [0.25, 0.3) is 15.7 Å². The Morgan fingerprint density at radius 2 is 1.89 bits per heavy atom. The van der Waals surface area contributed by atoms with E-state index in [0.29, 0.717) is 12.1 Å². The Morgan fingerprint density at radius 1 is 1.19 bits per heavy atom. The molecular formula is C15H14FN3O7S. The van der Waals surface area contributed by atoms with Crippen LogP contribution < -0.4 is 10.0 Å². The molecule has 0 atom stereocenters. The van der Waals surface area contributed by atoms with E-state index >= 15 is 0 Å². The molecule has 2 aromatic rings. The number of carboxylic acids is 1. The van der Waals surface area contributed by atoms with Gasteiger partial charge in [-0.1, -0.05) is 0 Å². The third kappa shape index (κ3) is 4.68. The summed E-state index contributed by atoms with van der Waals surface area (Å²) in [6, 6.07) is 5.53. The minimum absolute atomic E-state index is 0.0479. The predicted molar refractivity (Wildman–Crippen MR) is 92.8 cm³/mol. The van der Waals surface area contributed by atoms with Crippen molar-refractivity contribution in [2.75, 3.05) is 23.2 Å². The molecule has 0 heterocycles. The zero-order valence-electron chi connectivity index (χ0n) is 13.5. The normalized spacial score (nSPS) is 11.0. The lowest BCUT2D eigenvalue weighted by molar-refractivity contribution is -0.384. The SMILES string of the molecule is O=C(O)c1cc(S(=O)(=O)Nc2cc([N+](=O)[O-])ccc2NCCO)ccc1F. The van der Waals surface area contributed by atoms with E-state index in [2.05, 4.69) is 10.0 Å². The largest absolute Gasteiger partial charge is 0.478 e. The number of nitro groups is 1. The van der Waals surface area contributed by atoms with Crippen molar-refractivity contribution >= 4 is 33.1 Å². The fourth-order valence-electron chi connectivity index (χ4n) is 2.11. The number of rotatable bonds is 8. The molecule has 0 bridgehead atoms. The van der Waals surface area contributed by atoms with Gasteiger partial charge >= 0.3 is 5.97 Å². The summed E-state index contributed by atoms with van der Waals surface area (Å²) in [5, 5.41) is 31.4. The van der Waals surface area contributed by atoms with Crippen LogP contribution in [0.3, 0.4) is 0 Å². The molecule has 0 radical (unpaired) electrons. The van der Waals surface area contributed by atoms with E-state index in [0.717, 1.165) is 18.2 Å². The lowest BCUT2D eigenvalue weighted by atomic mass is 10.2. The van der Waals surface area contributed by atoms with Crippen molar-refractivity contribution in [1.82, 2.24) is 0 Å².